The van der Waals surface area contributed by atoms with Gasteiger partial charge in [-0.05, 0) is 76.2 Å². The van der Waals surface area contributed by atoms with E-state index in [4.69, 9.17) is 39.9 Å². The highest BCUT2D eigenvalue weighted by molar-refractivity contribution is 7.99. The van der Waals surface area contributed by atoms with Crippen LogP contribution in [0.4, 0.5) is 11.4 Å². The van der Waals surface area contributed by atoms with Crippen LogP contribution in [-0.4, -0.2) is 26.4 Å². The molecule has 4 N–H and O–H groups in total. The molecular formula is C32H36N2O6S. The van der Waals surface area contributed by atoms with Gasteiger partial charge in [-0.15, -0.1) is 0 Å². The second-order valence-corrected chi connectivity index (χ2v) is 9.83. The highest BCUT2D eigenvalue weighted by Gasteiger charge is 2.20. The molecule has 0 fully saturated rings. The summed E-state index contributed by atoms with van der Waals surface area (Å²) in [7, 11) is 0. The zero-order valence-corrected chi connectivity index (χ0v) is 24.6. The molecule has 216 valence electrons. The predicted octanol–water partition coefficient (Wildman–Crippen LogP) is 8.18. The quantitative estimate of drug-likeness (QED) is 0.144. The normalized spacial score (nSPS) is 10.6. The minimum Gasteiger partial charge on any atom is -0.490 e. The number of rotatable bonds is 14. The smallest absolute Gasteiger partial charge is 0.211 e. The molecule has 0 aliphatic heterocycles. The van der Waals surface area contributed by atoms with E-state index < -0.39 is 0 Å². The lowest BCUT2D eigenvalue weighted by atomic mass is 10.2. The van der Waals surface area contributed by atoms with E-state index in [2.05, 4.69) is 0 Å². The lowest BCUT2D eigenvalue weighted by molar-refractivity contribution is 0.292. The number of benzene rings is 4. The van der Waals surface area contributed by atoms with Gasteiger partial charge in [-0.2, -0.15) is 0 Å². The molecule has 4 aromatic carbocycles. The molecular weight excluding hydrogens is 540 g/mol. The highest BCUT2D eigenvalue weighted by atomic mass is 32.2. The second-order valence-electron chi connectivity index (χ2n) is 8.68. The van der Waals surface area contributed by atoms with Crippen LogP contribution >= 0.6 is 11.8 Å². The largest absolute Gasteiger partial charge is 0.490 e. The number of hydrogen-bond acceptors (Lipinski definition) is 9. The van der Waals surface area contributed by atoms with E-state index in [1.807, 2.05) is 76.2 Å². The molecule has 0 atom stereocenters. The van der Waals surface area contributed by atoms with Crippen molar-refractivity contribution in [2.45, 2.75) is 37.5 Å². The molecule has 0 amide bonds. The Morgan fingerprint density at radius 1 is 0.512 bits per heavy atom. The van der Waals surface area contributed by atoms with Gasteiger partial charge in [0.25, 0.3) is 0 Å². The molecule has 0 heterocycles. The lowest BCUT2D eigenvalue weighted by Gasteiger charge is -2.19. The summed E-state index contributed by atoms with van der Waals surface area (Å²) in [5.74, 6) is 4.37. The van der Waals surface area contributed by atoms with Gasteiger partial charge in [-0.25, -0.2) is 0 Å². The average molecular weight is 577 g/mol. The molecule has 0 saturated heterocycles. The minimum atomic E-state index is 0.450. The fourth-order valence-electron chi connectivity index (χ4n) is 4.00. The predicted molar refractivity (Wildman–Crippen MR) is 164 cm³/mol. The maximum absolute atomic E-state index is 6.21. The van der Waals surface area contributed by atoms with Crippen LogP contribution in [-0.2, 0) is 0 Å². The second kappa shape index (κ2) is 14.3. The van der Waals surface area contributed by atoms with Crippen LogP contribution in [0.2, 0.25) is 0 Å². The van der Waals surface area contributed by atoms with Crippen LogP contribution in [0.5, 0.6) is 46.0 Å². The monoisotopic (exact) mass is 576 g/mol. The lowest BCUT2D eigenvalue weighted by Crippen LogP contribution is -2.01. The maximum atomic E-state index is 6.21. The van der Waals surface area contributed by atoms with Crippen molar-refractivity contribution < 1.29 is 28.4 Å². The van der Waals surface area contributed by atoms with E-state index in [1.54, 1.807) is 24.3 Å². The van der Waals surface area contributed by atoms with Crippen LogP contribution in [0.1, 0.15) is 27.7 Å². The third-order valence-corrected chi connectivity index (χ3v) is 6.52. The van der Waals surface area contributed by atoms with Gasteiger partial charge in [-0.3, -0.25) is 0 Å². The molecule has 4 aromatic rings. The van der Waals surface area contributed by atoms with Gasteiger partial charge >= 0.3 is 0 Å². The van der Waals surface area contributed by atoms with Crippen molar-refractivity contribution in [2.75, 3.05) is 37.9 Å². The van der Waals surface area contributed by atoms with Crippen LogP contribution in [0, 0.1) is 0 Å². The molecule has 0 unspecified atom stereocenters. The summed E-state index contributed by atoms with van der Waals surface area (Å²) in [5.41, 5.74) is 13.1. The molecule has 41 heavy (non-hydrogen) atoms. The summed E-state index contributed by atoms with van der Waals surface area (Å²) in [6, 6.07) is 22.2. The summed E-state index contributed by atoms with van der Waals surface area (Å²) in [6.07, 6.45) is 0. The first kappa shape index (κ1) is 29.6. The van der Waals surface area contributed by atoms with Gasteiger partial charge in [0.1, 0.15) is 11.5 Å². The van der Waals surface area contributed by atoms with Gasteiger partial charge in [0.2, 0.25) is 11.5 Å². The van der Waals surface area contributed by atoms with Crippen LogP contribution in [0.15, 0.2) is 82.6 Å². The Kier molecular flexibility index (Phi) is 10.3. The summed E-state index contributed by atoms with van der Waals surface area (Å²) >= 11 is 1.51. The van der Waals surface area contributed by atoms with Gasteiger partial charge in [-0.1, -0.05) is 23.9 Å². The van der Waals surface area contributed by atoms with Crippen molar-refractivity contribution in [1.82, 2.24) is 0 Å². The molecule has 0 spiro atoms. The third-order valence-electron chi connectivity index (χ3n) is 5.58. The van der Waals surface area contributed by atoms with Crippen LogP contribution < -0.4 is 39.9 Å². The number of ether oxygens (including phenoxy) is 6. The summed E-state index contributed by atoms with van der Waals surface area (Å²) in [5, 5.41) is 0. The Morgan fingerprint density at radius 3 is 1.15 bits per heavy atom. The summed E-state index contributed by atoms with van der Waals surface area (Å²) in [4.78, 5) is 1.76. The Balaban J connectivity index is 1.73. The van der Waals surface area contributed by atoms with Gasteiger partial charge < -0.3 is 39.9 Å². The Hall–Kier alpha value is -4.37. The molecule has 0 saturated carbocycles. The first-order valence-corrected chi connectivity index (χ1v) is 14.4. The highest BCUT2D eigenvalue weighted by Crippen LogP contribution is 2.48. The Bertz CT molecular complexity index is 1300. The van der Waals surface area contributed by atoms with Crippen LogP contribution in [0.3, 0.4) is 0 Å². The number of hydrogen-bond donors (Lipinski definition) is 2. The number of anilines is 2. The Morgan fingerprint density at radius 2 is 0.854 bits per heavy atom. The first-order valence-electron chi connectivity index (χ1n) is 13.6. The number of nitrogen functional groups attached to an aromatic ring is 2. The molecule has 9 heteroatoms. The summed E-state index contributed by atoms with van der Waals surface area (Å²) < 4.78 is 36.4. The number of nitrogens with two attached hydrogens (primary N) is 2. The van der Waals surface area contributed by atoms with Crippen molar-refractivity contribution in [3.8, 4) is 46.0 Å². The zero-order valence-electron chi connectivity index (χ0n) is 23.8. The topological polar surface area (TPSA) is 107 Å². The van der Waals surface area contributed by atoms with Gasteiger partial charge in [0.05, 0.1) is 26.4 Å². The van der Waals surface area contributed by atoms with E-state index in [0.717, 1.165) is 9.79 Å². The molecule has 0 radical (unpaired) electrons. The first-order chi connectivity index (χ1) is 19.9. The van der Waals surface area contributed by atoms with Crippen LogP contribution in [0.25, 0.3) is 0 Å². The van der Waals surface area contributed by atoms with Crippen molar-refractivity contribution in [2.24, 2.45) is 0 Å². The fraction of sp³-hybridized carbons (Fsp3) is 0.250. The third kappa shape index (κ3) is 7.85. The van der Waals surface area contributed by atoms with E-state index in [0.29, 0.717) is 83.8 Å². The van der Waals surface area contributed by atoms with Gasteiger partial charge in [0, 0.05) is 33.3 Å². The molecule has 4 rings (SSSR count). The SMILES string of the molecule is CCOc1cc(Sc2cc(OCC)c(Oc3cccc(N)c3)c(OCC)c2)cc(OCC)c1Oc1cccc(N)c1. The molecule has 0 bridgehead atoms. The Labute approximate surface area is 245 Å². The van der Waals surface area contributed by atoms with E-state index in [9.17, 15) is 0 Å². The molecule has 0 aromatic heterocycles. The van der Waals surface area contributed by atoms with E-state index in [-0.39, 0.29) is 0 Å². The fourth-order valence-corrected chi connectivity index (χ4v) is 4.94. The van der Waals surface area contributed by atoms with Crippen molar-refractivity contribution >= 4 is 23.1 Å². The van der Waals surface area contributed by atoms with E-state index >= 15 is 0 Å². The van der Waals surface area contributed by atoms with E-state index in [1.165, 1.54) is 11.8 Å². The van der Waals surface area contributed by atoms with Crippen molar-refractivity contribution in [3.05, 3.63) is 72.8 Å². The van der Waals surface area contributed by atoms with Crippen molar-refractivity contribution in [3.63, 3.8) is 0 Å². The molecule has 8 nitrogen and oxygen atoms in total. The molecule has 0 aliphatic rings. The van der Waals surface area contributed by atoms with Gasteiger partial charge in [0.15, 0.2) is 23.0 Å². The maximum Gasteiger partial charge on any atom is 0.211 e. The zero-order chi connectivity index (χ0) is 29.2. The molecule has 0 aliphatic carbocycles. The minimum absolute atomic E-state index is 0.450. The van der Waals surface area contributed by atoms with Crippen molar-refractivity contribution in [1.29, 1.82) is 0 Å². The standard InChI is InChI=1S/C32H36N2O6S/c1-5-35-27-17-25(18-28(36-6-2)31(27)39-23-13-9-11-21(33)15-23)41-26-19-29(37-7-3)32(30(20-26)38-8-4)40-24-14-10-12-22(34)16-24/h9-20H,5-8,33-34H2,1-4H3. The summed E-state index contributed by atoms with van der Waals surface area (Å²) in [6.45, 7) is 9.49. The average Bonchev–Trinajstić information content (AvgIpc) is 2.93.